The topological polar surface area (TPSA) is 60.0 Å². The van der Waals surface area contributed by atoms with E-state index in [9.17, 15) is 0 Å². The molecule has 0 aromatic carbocycles. The molecule has 1 aliphatic rings. The fourth-order valence-electron chi connectivity index (χ4n) is 0.746. The number of hydrogen-bond acceptors (Lipinski definition) is 2. The van der Waals surface area contributed by atoms with Gasteiger partial charge in [0.15, 0.2) is 0 Å². The predicted molar refractivity (Wildman–Crippen MR) is 39.2 cm³/mol. The summed E-state index contributed by atoms with van der Waals surface area (Å²) < 4.78 is 0. The molecule has 0 saturated carbocycles. The summed E-state index contributed by atoms with van der Waals surface area (Å²) >= 11 is 0. The minimum absolute atomic E-state index is 0. The molecule has 0 radical (unpaired) electrons. The first-order chi connectivity index (χ1) is 3.93. The largest absolute Gasteiger partial charge is 2.00 e. The van der Waals surface area contributed by atoms with Gasteiger partial charge in [-0.25, -0.2) is 11.6 Å². The van der Waals surface area contributed by atoms with Crippen LogP contribution in [0.2, 0.25) is 0 Å². The van der Waals surface area contributed by atoms with Crippen LogP contribution < -0.4 is 0 Å². The molecule has 1 rings (SSSR count). The average molecular weight is 323 g/mol. The predicted octanol–water partition coefficient (Wildman–Crippen LogP) is 1.90. The van der Waals surface area contributed by atoms with Gasteiger partial charge in [-0.05, 0) is 6.42 Å². The first-order valence-corrected chi connectivity index (χ1v) is 2.80. The second kappa shape index (κ2) is 9.83. The molecule has 0 fully saturated rings. The zero-order valence-electron chi connectivity index (χ0n) is 6.16. The summed E-state index contributed by atoms with van der Waals surface area (Å²) in [5, 5.41) is 0. The number of rotatable bonds is 2. The van der Waals surface area contributed by atoms with Gasteiger partial charge in [-0.1, -0.05) is 6.08 Å². The molecule has 1 aliphatic carbocycles. The molecule has 3 heteroatoms. The van der Waals surface area contributed by atoms with E-state index in [4.69, 9.17) is 0 Å². The molecule has 0 heterocycles. The van der Waals surface area contributed by atoms with E-state index in [0.717, 1.165) is 12.8 Å². The van der Waals surface area contributed by atoms with Crippen LogP contribution in [0.4, 0.5) is 0 Å². The molecule has 11 heavy (non-hydrogen) atoms. The maximum atomic E-state index is 3.63. The SMILES string of the molecule is C=CCC1=[C-]CC=C1.[OH-].[OH-].[W+2]. The van der Waals surface area contributed by atoms with E-state index in [2.05, 4.69) is 24.8 Å². The Balaban J connectivity index is -0.000000213. The van der Waals surface area contributed by atoms with E-state index in [-0.39, 0.29) is 32.0 Å². The van der Waals surface area contributed by atoms with E-state index in [1.54, 1.807) is 0 Å². The maximum Gasteiger partial charge on any atom is 2.00 e. The summed E-state index contributed by atoms with van der Waals surface area (Å²) in [4.78, 5) is 0. The van der Waals surface area contributed by atoms with Crippen LogP contribution in [0.15, 0.2) is 30.4 Å². The van der Waals surface area contributed by atoms with Crippen LogP contribution in [0.25, 0.3) is 0 Å². The Morgan fingerprint density at radius 2 is 2.18 bits per heavy atom. The van der Waals surface area contributed by atoms with Gasteiger partial charge < -0.3 is 11.0 Å². The molecule has 0 aliphatic heterocycles. The Bertz CT molecular complexity index is 150. The van der Waals surface area contributed by atoms with E-state index in [1.807, 2.05) is 6.08 Å². The van der Waals surface area contributed by atoms with Crippen molar-refractivity contribution in [1.82, 2.24) is 0 Å². The van der Waals surface area contributed by atoms with Crippen LogP contribution in [0.5, 0.6) is 0 Å². The molecule has 0 amide bonds. The molecule has 62 valence electrons. The molecule has 0 spiro atoms. The quantitative estimate of drug-likeness (QED) is 0.576. The summed E-state index contributed by atoms with van der Waals surface area (Å²) in [5.41, 5.74) is 1.28. The van der Waals surface area contributed by atoms with Gasteiger partial charge in [0.25, 0.3) is 0 Å². The Labute approximate surface area is 81.6 Å². The first-order valence-electron chi connectivity index (χ1n) is 2.80. The van der Waals surface area contributed by atoms with Crippen molar-refractivity contribution in [2.75, 3.05) is 0 Å². The molecular formula is C8H11O2W-. The average Bonchev–Trinajstić information content (AvgIpc) is 2.19. The van der Waals surface area contributed by atoms with Crippen molar-refractivity contribution in [2.24, 2.45) is 0 Å². The van der Waals surface area contributed by atoms with Crippen LogP contribution in [0, 0.1) is 6.08 Å². The summed E-state index contributed by atoms with van der Waals surface area (Å²) in [6.07, 6.45) is 11.3. The van der Waals surface area contributed by atoms with Crippen LogP contribution in [-0.4, -0.2) is 11.0 Å². The molecule has 2 N–H and O–H groups in total. The minimum Gasteiger partial charge on any atom is -0.870 e. The standard InChI is InChI=1S/C8H9.2H2O.W/c1-2-5-8-6-3-4-7-8;;;/h2-3,6H,1,4-5H2;2*1H2;/q-1;;;+2/p-2. The second-order valence-corrected chi connectivity index (χ2v) is 1.80. The molecule has 0 saturated heterocycles. The van der Waals surface area contributed by atoms with Gasteiger partial charge >= 0.3 is 21.1 Å². The van der Waals surface area contributed by atoms with Gasteiger partial charge in [0.2, 0.25) is 0 Å². The zero-order chi connectivity index (χ0) is 5.82. The summed E-state index contributed by atoms with van der Waals surface area (Å²) in [5.74, 6) is 0. The smallest absolute Gasteiger partial charge is 0.870 e. The van der Waals surface area contributed by atoms with E-state index in [0.29, 0.717) is 0 Å². The Kier molecular flexibility index (Phi) is 15.2. The summed E-state index contributed by atoms with van der Waals surface area (Å²) in [7, 11) is 0. The Hall–Kier alpha value is -0.172. The normalized spacial score (nSPS) is 11.8. The van der Waals surface area contributed by atoms with Gasteiger partial charge in [0.05, 0.1) is 0 Å². The van der Waals surface area contributed by atoms with E-state index in [1.165, 1.54) is 5.57 Å². The van der Waals surface area contributed by atoms with Crippen molar-refractivity contribution < 1.29 is 32.0 Å². The van der Waals surface area contributed by atoms with Gasteiger partial charge in [0.1, 0.15) is 0 Å². The van der Waals surface area contributed by atoms with Crippen molar-refractivity contribution >= 4 is 0 Å². The van der Waals surface area contributed by atoms with Crippen molar-refractivity contribution in [3.8, 4) is 0 Å². The maximum absolute atomic E-state index is 3.63. The van der Waals surface area contributed by atoms with Gasteiger partial charge in [-0.3, -0.25) is 6.08 Å². The summed E-state index contributed by atoms with van der Waals surface area (Å²) in [6, 6.07) is 0. The van der Waals surface area contributed by atoms with Crippen molar-refractivity contribution in [3.05, 3.63) is 36.5 Å². The van der Waals surface area contributed by atoms with Crippen LogP contribution >= 0.6 is 0 Å². The van der Waals surface area contributed by atoms with E-state index >= 15 is 0 Å². The molecule has 0 aromatic heterocycles. The van der Waals surface area contributed by atoms with Crippen molar-refractivity contribution in [3.63, 3.8) is 0 Å². The zero-order valence-corrected chi connectivity index (χ0v) is 9.09. The van der Waals surface area contributed by atoms with Gasteiger partial charge in [-0.15, -0.1) is 13.0 Å². The number of allylic oxidation sites excluding steroid dienone is 5. The molecule has 0 bridgehead atoms. The molecule has 0 unspecified atom stereocenters. The van der Waals surface area contributed by atoms with Crippen LogP contribution in [0.1, 0.15) is 12.8 Å². The monoisotopic (exact) mass is 323 g/mol. The third-order valence-corrected chi connectivity index (χ3v) is 1.13. The summed E-state index contributed by atoms with van der Waals surface area (Å²) in [6.45, 7) is 3.63. The Morgan fingerprint density at radius 3 is 2.55 bits per heavy atom. The van der Waals surface area contributed by atoms with Crippen molar-refractivity contribution in [2.45, 2.75) is 12.8 Å². The first kappa shape index (κ1) is 17.1. The number of hydrogen-bond donors (Lipinski definition) is 0. The fraction of sp³-hybridized carbons (Fsp3) is 0.250. The van der Waals surface area contributed by atoms with Crippen LogP contribution in [0.3, 0.4) is 0 Å². The molecular weight excluding hydrogens is 312 g/mol. The van der Waals surface area contributed by atoms with Crippen LogP contribution in [-0.2, 0) is 21.1 Å². The molecule has 2 nitrogen and oxygen atoms in total. The van der Waals surface area contributed by atoms with Gasteiger partial charge in [-0.2, -0.15) is 6.08 Å². The second-order valence-electron chi connectivity index (χ2n) is 1.80. The van der Waals surface area contributed by atoms with E-state index < -0.39 is 0 Å². The fourth-order valence-corrected chi connectivity index (χ4v) is 0.746. The third kappa shape index (κ3) is 6.24. The molecule has 0 atom stereocenters. The van der Waals surface area contributed by atoms with Gasteiger partial charge in [0, 0.05) is 0 Å². The van der Waals surface area contributed by atoms with Crippen molar-refractivity contribution in [1.29, 1.82) is 0 Å². The Morgan fingerprint density at radius 1 is 1.55 bits per heavy atom. The minimum atomic E-state index is 0. The third-order valence-electron chi connectivity index (χ3n) is 1.13. The molecule has 0 aromatic rings.